The van der Waals surface area contributed by atoms with Crippen molar-refractivity contribution in [3.63, 3.8) is 0 Å². The molecule has 8 nitrogen and oxygen atoms in total. The lowest BCUT2D eigenvalue weighted by Crippen LogP contribution is -2.35. The number of amides is 3. The molecule has 1 heterocycles. The normalized spacial score (nSPS) is 15.0. The molecule has 1 fully saturated rings. The maximum absolute atomic E-state index is 12.4. The maximum Gasteiger partial charge on any atom is 0.323 e. The number of urea groups is 1. The van der Waals surface area contributed by atoms with Crippen molar-refractivity contribution in [3.8, 4) is 11.5 Å². The summed E-state index contributed by atoms with van der Waals surface area (Å²) in [6, 6.07) is 11.5. The number of benzene rings is 2. The summed E-state index contributed by atoms with van der Waals surface area (Å²) < 4.78 is 10.5. The van der Waals surface area contributed by atoms with E-state index in [-0.39, 0.29) is 24.4 Å². The van der Waals surface area contributed by atoms with Crippen molar-refractivity contribution in [2.45, 2.75) is 18.9 Å². The Hall–Kier alpha value is -2.97. The molecule has 3 amide bonds. The van der Waals surface area contributed by atoms with Gasteiger partial charge in [-0.3, -0.25) is 4.79 Å². The van der Waals surface area contributed by atoms with E-state index in [1.165, 1.54) is 14.2 Å². The fourth-order valence-electron chi connectivity index (χ4n) is 3.04. The van der Waals surface area contributed by atoms with E-state index in [9.17, 15) is 9.59 Å². The third-order valence-corrected chi connectivity index (χ3v) is 4.45. The van der Waals surface area contributed by atoms with Crippen molar-refractivity contribution < 1.29 is 19.1 Å². The van der Waals surface area contributed by atoms with Crippen LogP contribution in [0, 0.1) is 0 Å². The number of hydrogen-bond acceptors (Lipinski definition) is 5. The summed E-state index contributed by atoms with van der Waals surface area (Å²) in [5, 5.41) is 11.5. The molecule has 156 valence electrons. The van der Waals surface area contributed by atoms with Gasteiger partial charge in [0.05, 0.1) is 31.6 Å². The molecule has 0 aliphatic carbocycles. The molecule has 29 heavy (non-hydrogen) atoms. The van der Waals surface area contributed by atoms with Gasteiger partial charge in [-0.2, -0.15) is 0 Å². The van der Waals surface area contributed by atoms with E-state index in [1.54, 1.807) is 36.4 Å². The summed E-state index contributed by atoms with van der Waals surface area (Å²) in [5.74, 6) is 0.939. The third kappa shape index (κ3) is 5.75. The van der Waals surface area contributed by atoms with Crippen molar-refractivity contribution in [1.82, 2.24) is 5.32 Å². The summed E-state index contributed by atoms with van der Waals surface area (Å²) in [5.41, 5.74) is 1.55. The van der Waals surface area contributed by atoms with E-state index < -0.39 is 6.03 Å². The van der Waals surface area contributed by atoms with Crippen molar-refractivity contribution >= 4 is 41.4 Å². The predicted octanol–water partition coefficient (Wildman–Crippen LogP) is 3.46. The van der Waals surface area contributed by atoms with Crippen LogP contribution < -0.4 is 30.7 Å². The summed E-state index contributed by atoms with van der Waals surface area (Å²) in [4.78, 5) is 24.7. The average molecular weight is 421 g/mol. The molecule has 1 atom stereocenters. The Morgan fingerprint density at radius 1 is 0.966 bits per heavy atom. The molecule has 1 saturated heterocycles. The number of anilines is 3. The van der Waals surface area contributed by atoms with E-state index in [0.717, 1.165) is 19.4 Å². The Morgan fingerprint density at radius 2 is 1.66 bits per heavy atom. The minimum Gasteiger partial charge on any atom is -0.495 e. The Labute approximate surface area is 175 Å². The number of rotatable bonds is 6. The Bertz CT molecular complexity index is 856. The van der Waals surface area contributed by atoms with Crippen molar-refractivity contribution in [3.05, 3.63) is 42.5 Å². The van der Waals surface area contributed by atoms with Gasteiger partial charge in [-0.15, -0.1) is 12.4 Å². The quantitative estimate of drug-likeness (QED) is 0.573. The first kappa shape index (κ1) is 22.3. The van der Waals surface area contributed by atoms with Gasteiger partial charge in [-0.25, -0.2) is 4.79 Å². The monoisotopic (exact) mass is 420 g/mol. The number of nitrogens with one attached hydrogen (secondary N) is 4. The van der Waals surface area contributed by atoms with Gasteiger partial charge in [0.1, 0.15) is 11.5 Å². The van der Waals surface area contributed by atoms with Crippen LogP contribution in [0.2, 0.25) is 0 Å². The van der Waals surface area contributed by atoms with Crippen LogP contribution in [0.15, 0.2) is 42.5 Å². The Kier molecular flexibility index (Phi) is 8.11. The smallest absolute Gasteiger partial charge is 0.323 e. The number of hydrogen-bond donors (Lipinski definition) is 4. The zero-order valence-electron chi connectivity index (χ0n) is 16.3. The van der Waals surface area contributed by atoms with Gasteiger partial charge < -0.3 is 30.7 Å². The largest absolute Gasteiger partial charge is 0.495 e. The van der Waals surface area contributed by atoms with E-state index in [0.29, 0.717) is 28.6 Å². The predicted molar refractivity (Wildman–Crippen MR) is 116 cm³/mol. The second kappa shape index (κ2) is 10.5. The molecule has 3 rings (SSSR count). The molecule has 0 saturated carbocycles. The molecule has 1 unspecified atom stereocenters. The number of para-hydroxylation sites is 2. The summed E-state index contributed by atoms with van der Waals surface area (Å²) >= 11 is 0. The maximum atomic E-state index is 12.4. The van der Waals surface area contributed by atoms with Gasteiger partial charge in [0.25, 0.3) is 0 Å². The highest BCUT2D eigenvalue weighted by molar-refractivity contribution is 6.02. The van der Waals surface area contributed by atoms with Crippen LogP contribution in [0.4, 0.5) is 21.9 Å². The van der Waals surface area contributed by atoms with Crippen molar-refractivity contribution in [2.75, 3.05) is 36.7 Å². The van der Waals surface area contributed by atoms with Crippen LogP contribution in [0.1, 0.15) is 12.8 Å². The van der Waals surface area contributed by atoms with Crippen LogP contribution in [0.5, 0.6) is 11.5 Å². The van der Waals surface area contributed by atoms with Gasteiger partial charge in [-0.1, -0.05) is 12.1 Å². The number of methoxy groups -OCH3 is 2. The van der Waals surface area contributed by atoms with Crippen LogP contribution in [-0.2, 0) is 4.79 Å². The highest BCUT2D eigenvalue weighted by Gasteiger charge is 2.22. The second-order valence-electron chi connectivity index (χ2n) is 6.33. The van der Waals surface area contributed by atoms with Gasteiger partial charge in [0.15, 0.2) is 0 Å². The molecule has 9 heteroatoms. The minimum atomic E-state index is -0.455. The average Bonchev–Trinajstić information content (AvgIpc) is 3.23. The third-order valence-electron chi connectivity index (χ3n) is 4.45. The van der Waals surface area contributed by atoms with E-state index in [2.05, 4.69) is 21.3 Å². The standard InChI is InChI=1S/C20H24N4O4.ClH/c1-27-17-8-4-3-6-14(17)23-20(26)24-16-12-13(9-10-18(16)28-2)22-19(25)15-7-5-11-21-15;/h3-4,6,8-10,12,15,21H,5,7,11H2,1-2H3,(H,22,25)(H2,23,24,26);1H. The number of carbonyl (C=O) groups is 2. The summed E-state index contributed by atoms with van der Waals surface area (Å²) in [7, 11) is 3.05. The van der Waals surface area contributed by atoms with Gasteiger partial charge in [0, 0.05) is 5.69 Å². The van der Waals surface area contributed by atoms with Crippen LogP contribution in [-0.4, -0.2) is 38.7 Å². The highest BCUT2D eigenvalue weighted by atomic mass is 35.5. The lowest BCUT2D eigenvalue weighted by Gasteiger charge is -2.15. The van der Waals surface area contributed by atoms with Gasteiger partial charge in [-0.05, 0) is 49.7 Å². The molecule has 2 aromatic carbocycles. The first-order valence-electron chi connectivity index (χ1n) is 9.04. The number of ether oxygens (including phenoxy) is 2. The number of halogens is 1. The lowest BCUT2D eigenvalue weighted by molar-refractivity contribution is -0.117. The van der Waals surface area contributed by atoms with Crippen LogP contribution in [0.3, 0.4) is 0 Å². The minimum absolute atomic E-state index is 0. The molecule has 1 aliphatic rings. The highest BCUT2D eigenvalue weighted by Crippen LogP contribution is 2.29. The van der Waals surface area contributed by atoms with Crippen molar-refractivity contribution in [1.29, 1.82) is 0 Å². The van der Waals surface area contributed by atoms with E-state index >= 15 is 0 Å². The molecule has 1 aliphatic heterocycles. The molecular weight excluding hydrogens is 396 g/mol. The zero-order chi connectivity index (χ0) is 19.9. The molecule has 0 spiro atoms. The fourth-order valence-corrected chi connectivity index (χ4v) is 3.04. The van der Waals surface area contributed by atoms with E-state index in [4.69, 9.17) is 9.47 Å². The fraction of sp³-hybridized carbons (Fsp3) is 0.300. The van der Waals surface area contributed by atoms with E-state index in [1.807, 2.05) is 6.07 Å². The first-order valence-corrected chi connectivity index (χ1v) is 9.04. The molecule has 0 aromatic heterocycles. The molecule has 0 bridgehead atoms. The molecule has 0 radical (unpaired) electrons. The van der Waals surface area contributed by atoms with Gasteiger partial charge >= 0.3 is 6.03 Å². The molecule has 2 aromatic rings. The zero-order valence-corrected chi connectivity index (χ0v) is 17.1. The molecule has 4 N–H and O–H groups in total. The Balaban J connectivity index is 0.00000300. The van der Waals surface area contributed by atoms with Crippen LogP contribution in [0.25, 0.3) is 0 Å². The second-order valence-corrected chi connectivity index (χ2v) is 6.33. The Morgan fingerprint density at radius 3 is 2.34 bits per heavy atom. The van der Waals surface area contributed by atoms with Crippen molar-refractivity contribution in [2.24, 2.45) is 0 Å². The SMILES string of the molecule is COc1ccccc1NC(=O)Nc1cc(NC(=O)C2CCCN2)ccc1OC.Cl. The number of carbonyl (C=O) groups excluding carboxylic acids is 2. The topological polar surface area (TPSA) is 101 Å². The first-order chi connectivity index (χ1) is 13.6. The summed E-state index contributed by atoms with van der Waals surface area (Å²) in [6.45, 7) is 0.844. The van der Waals surface area contributed by atoms with Gasteiger partial charge in [0.2, 0.25) is 5.91 Å². The van der Waals surface area contributed by atoms with Crippen LogP contribution >= 0.6 is 12.4 Å². The molecular formula is C20H25ClN4O4. The lowest BCUT2D eigenvalue weighted by atomic mass is 10.2. The summed E-state index contributed by atoms with van der Waals surface area (Å²) in [6.07, 6.45) is 1.80.